The summed E-state index contributed by atoms with van der Waals surface area (Å²) in [5.74, 6) is 0.278. The first-order valence-electron chi connectivity index (χ1n) is 10.9. The number of sulfonamides is 1. The summed E-state index contributed by atoms with van der Waals surface area (Å²) < 4.78 is 39.1. The standard InChI is InChI=1S/C25H18FN7O2S/c1-36(34,35)33-18-9-15(11-27-13-18)16-10-20-23(31-32-24(20)28-12-16)25-29-21-4-2-3-19(22(21)30-25)14-5-7-17(26)8-6-14/h2-13,33H,1H3,(H,29,30)(H,28,31,32). The van der Waals surface area contributed by atoms with E-state index in [0.717, 1.165) is 39.4 Å². The van der Waals surface area contributed by atoms with Crippen LogP contribution >= 0.6 is 0 Å². The van der Waals surface area contributed by atoms with Crippen LogP contribution in [0.5, 0.6) is 0 Å². The summed E-state index contributed by atoms with van der Waals surface area (Å²) in [6.07, 6.45) is 5.80. The van der Waals surface area contributed by atoms with E-state index >= 15 is 0 Å². The number of aromatic nitrogens is 6. The molecule has 36 heavy (non-hydrogen) atoms. The summed E-state index contributed by atoms with van der Waals surface area (Å²) in [5, 5.41) is 8.06. The molecular formula is C25H18FN7O2S. The van der Waals surface area contributed by atoms with E-state index in [2.05, 4.69) is 29.9 Å². The quantitative estimate of drug-likeness (QED) is 0.314. The number of nitrogens with one attached hydrogen (secondary N) is 3. The Morgan fingerprint density at radius 3 is 2.56 bits per heavy atom. The van der Waals surface area contributed by atoms with Crippen LogP contribution in [0.2, 0.25) is 0 Å². The maximum atomic E-state index is 13.4. The van der Waals surface area contributed by atoms with Crippen LogP contribution in [0.15, 0.2) is 73.2 Å². The molecule has 0 aliphatic rings. The summed E-state index contributed by atoms with van der Waals surface area (Å²) in [4.78, 5) is 16.8. The monoisotopic (exact) mass is 499 g/mol. The van der Waals surface area contributed by atoms with Crippen LogP contribution < -0.4 is 4.72 Å². The third-order valence-corrected chi connectivity index (χ3v) is 6.30. The van der Waals surface area contributed by atoms with Crippen molar-refractivity contribution in [2.24, 2.45) is 0 Å². The lowest BCUT2D eigenvalue weighted by atomic mass is 10.0. The van der Waals surface area contributed by atoms with Crippen LogP contribution in [0.4, 0.5) is 10.1 Å². The SMILES string of the molecule is CS(=O)(=O)Nc1cncc(-c2cnc3n[nH]c(-c4nc5c(-c6ccc(F)cc6)cccc5[nH]4)c3c2)c1. The third kappa shape index (κ3) is 4.05. The Morgan fingerprint density at radius 1 is 0.944 bits per heavy atom. The minimum atomic E-state index is -3.43. The normalized spacial score (nSPS) is 11.8. The van der Waals surface area contributed by atoms with Crippen molar-refractivity contribution in [3.05, 3.63) is 79.0 Å². The van der Waals surface area contributed by atoms with Crippen molar-refractivity contribution in [2.75, 3.05) is 11.0 Å². The molecule has 178 valence electrons. The van der Waals surface area contributed by atoms with Gasteiger partial charge in [-0.25, -0.2) is 22.8 Å². The molecule has 0 radical (unpaired) electrons. The molecule has 0 atom stereocenters. The molecule has 0 saturated carbocycles. The Balaban J connectivity index is 1.44. The molecule has 0 aliphatic heterocycles. The number of nitrogens with zero attached hydrogens (tertiary/aromatic N) is 4. The van der Waals surface area contributed by atoms with Crippen molar-refractivity contribution in [1.82, 2.24) is 30.1 Å². The van der Waals surface area contributed by atoms with Crippen molar-refractivity contribution in [3.8, 4) is 33.8 Å². The highest BCUT2D eigenvalue weighted by Crippen LogP contribution is 2.32. The highest BCUT2D eigenvalue weighted by atomic mass is 32.2. The predicted molar refractivity (Wildman–Crippen MR) is 136 cm³/mol. The van der Waals surface area contributed by atoms with Gasteiger partial charge in [0.1, 0.15) is 11.5 Å². The molecule has 4 heterocycles. The van der Waals surface area contributed by atoms with Crippen LogP contribution in [0.1, 0.15) is 0 Å². The number of aromatic amines is 2. The first-order valence-corrected chi connectivity index (χ1v) is 12.8. The molecule has 0 spiro atoms. The second-order valence-corrected chi connectivity index (χ2v) is 10.1. The van der Waals surface area contributed by atoms with Gasteiger partial charge in [-0.05, 0) is 35.9 Å². The van der Waals surface area contributed by atoms with Gasteiger partial charge in [-0.1, -0.05) is 24.3 Å². The molecule has 2 aromatic carbocycles. The molecule has 0 amide bonds. The van der Waals surface area contributed by atoms with Gasteiger partial charge in [-0.3, -0.25) is 14.8 Å². The minimum absolute atomic E-state index is 0.297. The lowest BCUT2D eigenvalue weighted by Gasteiger charge is -2.06. The number of rotatable bonds is 5. The average molecular weight is 500 g/mol. The van der Waals surface area contributed by atoms with Crippen molar-refractivity contribution in [3.63, 3.8) is 0 Å². The summed E-state index contributed by atoms with van der Waals surface area (Å²) in [7, 11) is -3.43. The van der Waals surface area contributed by atoms with E-state index in [0.29, 0.717) is 28.4 Å². The van der Waals surface area contributed by atoms with Gasteiger partial charge in [0.15, 0.2) is 11.5 Å². The van der Waals surface area contributed by atoms with E-state index in [9.17, 15) is 12.8 Å². The van der Waals surface area contributed by atoms with Crippen LogP contribution in [0.3, 0.4) is 0 Å². The van der Waals surface area contributed by atoms with Gasteiger partial charge in [-0.2, -0.15) is 5.10 Å². The number of anilines is 1. The fraction of sp³-hybridized carbons (Fsp3) is 0.0400. The van der Waals surface area contributed by atoms with Crippen LogP contribution in [0, 0.1) is 5.82 Å². The molecule has 6 rings (SSSR count). The summed E-state index contributed by atoms with van der Waals surface area (Å²) in [6, 6.07) is 15.7. The molecule has 0 saturated heterocycles. The van der Waals surface area contributed by atoms with Gasteiger partial charge in [0.05, 0.1) is 34.6 Å². The number of imidazole rings is 1. The number of halogens is 1. The van der Waals surface area contributed by atoms with E-state index in [1.54, 1.807) is 30.6 Å². The molecule has 0 bridgehead atoms. The zero-order valence-corrected chi connectivity index (χ0v) is 19.6. The smallest absolute Gasteiger partial charge is 0.229 e. The van der Waals surface area contributed by atoms with E-state index in [1.165, 1.54) is 18.3 Å². The second kappa shape index (κ2) is 8.24. The van der Waals surface area contributed by atoms with Gasteiger partial charge >= 0.3 is 0 Å². The zero-order valence-electron chi connectivity index (χ0n) is 18.8. The van der Waals surface area contributed by atoms with Gasteiger partial charge in [-0.15, -0.1) is 0 Å². The Labute approximate surface area is 204 Å². The number of H-pyrrole nitrogens is 2. The molecule has 0 unspecified atom stereocenters. The highest BCUT2D eigenvalue weighted by molar-refractivity contribution is 7.92. The molecule has 6 aromatic rings. The highest BCUT2D eigenvalue weighted by Gasteiger charge is 2.16. The molecule has 11 heteroatoms. The van der Waals surface area contributed by atoms with Crippen LogP contribution in [0.25, 0.3) is 55.8 Å². The fourth-order valence-electron chi connectivity index (χ4n) is 4.12. The van der Waals surface area contributed by atoms with Gasteiger partial charge in [0.2, 0.25) is 10.0 Å². The number of hydrogen-bond acceptors (Lipinski definition) is 6. The Hall–Kier alpha value is -4.64. The van der Waals surface area contributed by atoms with Crippen LogP contribution in [-0.4, -0.2) is 44.8 Å². The topological polar surface area (TPSA) is 129 Å². The zero-order chi connectivity index (χ0) is 24.9. The maximum absolute atomic E-state index is 13.4. The lowest BCUT2D eigenvalue weighted by molar-refractivity contribution is 0.606. The van der Waals surface area contributed by atoms with Crippen molar-refractivity contribution in [2.45, 2.75) is 0 Å². The molecular weight excluding hydrogens is 481 g/mol. The third-order valence-electron chi connectivity index (χ3n) is 5.69. The maximum Gasteiger partial charge on any atom is 0.229 e. The number of hydrogen-bond donors (Lipinski definition) is 3. The van der Waals surface area contributed by atoms with Crippen molar-refractivity contribution >= 4 is 37.8 Å². The van der Waals surface area contributed by atoms with E-state index in [1.807, 2.05) is 24.3 Å². The Bertz CT molecular complexity index is 1860. The average Bonchev–Trinajstić information content (AvgIpc) is 3.47. The van der Waals surface area contributed by atoms with E-state index < -0.39 is 10.0 Å². The fourth-order valence-corrected chi connectivity index (χ4v) is 4.66. The predicted octanol–water partition coefficient (Wildman–Crippen LogP) is 4.74. The van der Waals surface area contributed by atoms with E-state index in [-0.39, 0.29) is 5.82 Å². The van der Waals surface area contributed by atoms with Gasteiger partial charge in [0.25, 0.3) is 0 Å². The summed E-state index contributed by atoms with van der Waals surface area (Å²) in [6.45, 7) is 0. The molecule has 3 N–H and O–H groups in total. The Kier molecular flexibility index (Phi) is 5.00. The summed E-state index contributed by atoms with van der Waals surface area (Å²) >= 11 is 0. The molecule has 0 fully saturated rings. The molecule has 9 nitrogen and oxygen atoms in total. The van der Waals surface area contributed by atoms with Crippen molar-refractivity contribution < 1.29 is 12.8 Å². The number of benzene rings is 2. The molecule has 4 aromatic heterocycles. The van der Waals surface area contributed by atoms with Crippen LogP contribution in [-0.2, 0) is 10.0 Å². The Morgan fingerprint density at radius 2 is 1.75 bits per heavy atom. The number of fused-ring (bicyclic) bond motifs is 2. The van der Waals surface area contributed by atoms with Gasteiger partial charge < -0.3 is 4.98 Å². The second-order valence-electron chi connectivity index (χ2n) is 8.32. The summed E-state index contributed by atoms with van der Waals surface area (Å²) in [5.41, 5.74) is 6.23. The molecule has 0 aliphatic carbocycles. The first-order chi connectivity index (χ1) is 17.3. The van der Waals surface area contributed by atoms with Gasteiger partial charge in [0, 0.05) is 29.1 Å². The minimum Gasteiger partial charge on any atom is -0.337 e. The first kappa shape index (κ1) is 21.9. The number of pyridine rings is 2. The number of para-hydroxylation sites is 1. The lowest BCUT2D eigenvalue weighted by Crippen LogP contribution is -2.09. The largest absolute Gasteiger partial charge is 0.337 e. The van der Waals surface area contributed by atoms with Crippen molar-refractivity contribution in [1.29, 1.82) is 0 Å². The van der Waals surface area contributed by atoms with E-state index in [4.69, 9.17) is 4.98 Å².